The van der Waals surface area contributed by atoms with Gasteiger partial charge < -0.3 is 0 Å². The fourth-order valence-corrected chi connectivity index (χ4v) is 1.98. The van der Waals surface area contributed by atoms with Crippen LogP contribution in [0.2, 0.25) is 0 Å². The van der Waals surface area contributed by atoms with Crippen molar-refractivity contribution in [2.45, 2.75) is 30.5 Å². The normalized spacial score (nSPS) is 17.3. The molecule has 2 rings (SSSR count). The molecule has 0 unspecified atom stereocenters. The van der Waals surface area contributed by atoms with Crippen LogP contribution in [0.1, 0.15) is 31.1 Å². The van der Waals surface area contributed by atoms with Crippen LogP contribution in [0.5, 0.6) is 0 Å². The fraction of sp³-hybridized carbons (Fsp3) is 0.667. The first-order valence-electron chi connectivity index (χ1n) is 4.17. The highest BCUT2D eigenvalue weighted by atomic mass is 32.2. The molecule has 84 valence electrons. The minimum Gasteiger partial charge on any atom is -0.293 e. The molecule has 1 aliphatic rings. The molecule has 9 heteroatoms. The Morgan fingerprint density at radius 3 is 2.40 bits per heavy atom. The van der Waals surface area contributed by atoms with Crippen LogP contribution in [-0.4, -0.2) is 23.2 Å². The predicted octanol–water partition coefficient (Wildman–Crippen LogP) is 0.198. The van der Waals surface area contributed by atoms with Crippen molar-refractivity contribution in [3.8, 4) is 0 Å². The molecule has 1 aromatic heterocycles. The van der Waals surface area contributed by atoms with Crippen LogP contribution < -0.4 is 5.14 Å². The van der Waals surface area contributed by atoms with Crippen molar-refractivity contribution in [2.75, 3.05) is 0 Å². The highest BCUT2D eigenvalue weighted by Gasteiger charge is 2.35. The van der Waals surface area contributed by atoms with E-state index >= 15 is 0 Å². The summed E-state index contributed by atoms with van der Waals surface area (Å²) in [6.07, 6.45) is -1.57. The van der Waals surface area contributed by atoms with Crippen LogP contribution in [-0.2, 0) is 10.0 Å². The molecule has 1 aliphatic carbocycles. The smallest absolute Gasteiger partial charge is 0.293 e. The molecule has 1 aromatic rings. The van der Waals surface area contributed by atoms with E-state index in [0.717, 1.165) is 4.57 Å². The van der Waals surface area contributed by atoms with Crippen LogP contribution in [0.4, 0.5) is 8.78 Å². The molecule has 0 bridgehead atoms. The SMILES string of the molecule is NS(=O)(=O)c1nnc(C(F)F)n1C1CC1. The summed E-state index contributed by atoms with van der Waals surface area (Å²) < 4.78 is 47.9. The monoisotopic (exact) mass is 238 g/mol. The van der Waals surface area contributed by atoms with Crippen molar-refractivity contribution >= 4 is 10.0 Å². The third-order valence-corrected chi connectivity index (χ3v) is 2.84. The highest BCUT2D eigenvalue weighted by Crippen LogP contribution is 2.39. The Hall–Kier alpha value is -1.09. The van der Waals surface area contributed by atoms with Gasteiger partial charge in [-0.25, -0.2) is 22.3 Å². The van der Waals surface area contributed by atoms with Gasteiger partial charge in [0.05, 0.1) is 0 Å². The Morgan fingerprint density at radius 1 is 1.40 bits per heavy atom. The Bertz CT molecular complexity index is 479. The van der Waals surface area contributed by atoms with Crippen LogP contribution >= 0.6 is 0 Å². The van der Waals surface area contributed by atoms with E-state index in [2.05, 4.69) is 10.2 Å². The molecule has 0 saturated heterocycles. The molecule has 0 aliphatic heterocycles. The largest absolute Gasteiger partial charge is 0.297 e. The van der Waals surface area contributed by atoms with E-state index in [-0.39, 0.29) is 6.04 Å². The third kappa shape index (κ3) is 1.84. The van der Waals surface area contributed by atoms with Crippen molar-refractivity contribution < 1.29 is 17.2 Å². The van der Waals surface area contributed by atoms with Crippen molar-refractivity contribution in [1.82, 2.24) is 14.8 Å². The van der Waals surface area contributed by atoms with Gasteiger partial charge in [-0.2, -0.15) is 0 Å². The lowest BCUT2D eigenvalue weighted by molar-refractivity contribution is 0.134. The second-order valence-corrected chi connectivity index (χ2v) is 4.74. The summed E-state index contributed by atoms with van der Waals surface area (Å²) in [7, 11) is -4.10. The standard InChI is InChI=1S/C6H8F2N4O2S/c7-4(8)5-10-11-6(15(9,13)14)12(5)3-1-2-3/h3-4H,1-2H2,(H2,9,13,14). The lowest BCUT2D eigenvalue weighted by atomic mass is 10.5. The number of hydrogen-bond donors (Lipinski definition) is 1. The van der Waals surface area contributed by atoms with E-state index in [0.29, 0.717) is 12.8 Å². The number of alkyl halides is 2. The molecule has 15 heavy (non-hydrogen) atoms. The maximum Gasteiger partial charge on any atom is 0.297 e. The molecule has 1 fully saturated rings. The van der Waals surface area contributed by atoms with Crippen molar-refractivity contribution in [3.05, 3.63) is 5.82 Å². The lowest BCUT2D eigenvalue weighted by Gasteiger charge is -2.05. The highest BCUT2D eigenvalue weighted by molar-refractivity contribution is 7.89. The molecule has 0 spiro atoms. The van der Waals surface area contributed by atoms with E-state index in [1.807, 2.05) is 0 Å². The van der Waals surface area contributed by atoms with Gasteiger partial charge in [0.1, 0.15) is 0 Å². The van der Waals surface area contributed by atoms with Crippen molar-refractivity contribution in [2.24, 2.45) is 5.14 Å². The molecule has 6 nitrogen and oxygen atoms in total. The van der Waals surface area contributed by atoms with Gasteiger partial charge in [0.15, 0.2) is 0 Å². The van der Waals surface area contributed by atoms with E-state index in [1.54, 1.807) is 0 Å². The fourth-order valence-electron chi connectivity index (χ4n) is 1.31. The van der Waals surface area contributed by atoms with Crippen LogP contribution in [0, 0.1) is 0 Å². The van der Waals surface area contributed by atoms with Crippen molar-refractivity contribution in [1.29, 1.82) is 0 Å². The molecule has 0 aromatic carbocycles. The van der Waals surface area contributed by atoms with E-state index < -0.39 is 27.4 Å². The molecule has 2 N–H and O–H groups in total. The molecule has 0 atom stereocenters. The summed E-state index contributed by atoms with van der Waals surface area (Å²) in [4.78, 5) is 0. The van der Waals surface area contributed by atoms with Gasteiger partial charge in [0.2, 0.25) is 5.82 Å². The maximum absolute atomic E-state index is 12.5. The van der Waals surface area contributed by atoms with Gasteiger partial charge in [0.25, 0.3) is 21.6 Å². The maximum atomic E-state index is 12.5. The zero-order valence-corrected chi connectivity index (χ0v) is 8.29. The second kappa shape index (κ2) is 3.20. The minimum atomic E-state index is -4.10. The topological polar surface area (TPSA) is 90.9 Å². The van der Waals surface area contributed by atoms with Gasteiger partial charge in [-0.15, -0.1) is 10.2 Å². The predicted molar refractivity (Wildman–Crippen MR) is 44.6 cm³/mol. The molecular formula is C6H8F2N4O2S. The number of nitrogens with two attached hydrogens (primary N) is 1. The average Bonchev–Trinajstić information content (AvgIpc) is 2.81. The van der Waals surface area contributed by atoms with Crippen molar-refractivity contribution in [3.63, 3.8) is 0 Å². The van der Waals surface area contributed by atoms with E-state index in [9.17, 15) is 17.2 Å². The summed E-state index contributed by atoms with van der Waals surface area (Å²) in [6.45, 7) is 0. The van der Waals surface area contributed by atoms with E-state index in [1.165, 1.54) is 0 Å². The van der Waals surface area contributed by atoms with Gasteiger partial charge in [-0.05, 0) is 12.8 Å². The first-order chi connectivity index (χ1) is 6.91. The number of rotatable bonds is 3. The zero-order chi connectivity index (χ0) is 11.2. The van der Waals surface area contributed by atoms with Crippen LogP contribution in [0.25, 0.3) is 0 Å². The summed E-state index contributed by atoms with van der Waals surface area (Å²) in [6, 6.07) is -0.266. The second-order valence-electron chi connectivity index (χ2n) is 3.29. The summed E-state index contributed by atoms with van der Waals surface area (Å²) in [5.74, 6) is -0.637. The average molecular weight is 238 g/mol. The van der Waals surface area contributed by atoms with Crippen LogP contribution in [0.15, 0.2) is 5.16 Å². The number of halogens is 2. The van der Waals surface area contributed by atoms with Crippen LogP contribution in [0.3, 0.4) is 0 Å². The van der Waals surface area contributed by atoms with Gasteiger partial charge >= 0.3 is 0 Å². The molecule has 0 radical (unpaired) electrons. The number of aromatic nitrogens is 3. The molecule has 1 heterocycles. The quantitative estimate of drug-likeness (QED) is 0.814. The summed E-state index contributed by atoms with van der Waals surface area (Å²) in [5.41, 5.74) is 0. The number of hydrogen-bond acceptors (Lipinski definition) is 4. The first-order valence-corrected chi connectivity index (χ1v) is 5.71. The lowest BCUT2D eigenvalue weighted by Crippen LogP contribution is -2.19. The Balaban J connectivity index is 2.57. The molecule has 0 amide bonds. The number of sulfonamides is 1. The van der Waals surface area contributed by atoms with Gasteiger partial charge in [-0.3, -0.25) is 4.57 Å². The third-order valence-electron chi connectivity index (χ3n) is 2.05. The summed E-state index contributed by atoms with van der Waals surface area (Å²) in [5, 5.41) is 10.6. The Morgan fingerprint density at radius 2 is 2.00 bits per heavy atom. The first kappa shape index (κ1) is 10.4. The van der Waals surface area contributed by atoms with Gasteiger partial charge in [-0.1, -0.05) is 0 Å². The number of nitrogens with zero attached hydrogens (tertiary/aromatic N) is 3. The molecular weight excluding hydrogens is 230 g/mol. The Labute approximate surface area is 84.1 Å². The number of primary sulfonamides is 1. The molecule has 1 saturated carbocycles. The van der Waals surface area contributed by atoms with Gasteiger partial charge in [0, 0.05) is 6.04 Å². The van der Waals surface area contributed by atoms with E-state index in [4.69, 9.17) is 5.14 Å². The summed E-state index contributed by atoms with van der Waals surface area (Å²) >= 11 is 0. The Kier molecular flexibility index (Phi) is 2.23. The zero-order valence-electron chi connectivity index (χ0n) is 7.47. The minimum absolute atomic E-state index is 0.266.